The van der Waals surface area contributed by atoms with Gasteiger partial charge in [-0.3, -0.25) is 19.2 Å². The van der Waals surface area contributed by atoms with Crippen LogP contribution in [-0.4, -0.2) is 47.4 Å². The van der Waals surface area contributed by atoms with E-state index in [4.69, 9.17) is 23.4 Å². The summed E-state index contributed by atoms with van der Waals surface area (Å²) in [5.74, 6) is -0.719. The van der Waals surface area contributed by atoms with Crippen LogP contribution in [0.3, 0.4) is 0 Å². The van der Waals surface area contributed by atoms with Gasteiger partial charge >= 0.3 is 17.9 Å². The van der Waals surface area contributed by atoms with Crippen LogP contribution in [-0.2, 0) is 28.6 Å². The smallest absolute Gasteiger partial charge is 0.303 e. The van der Waals surface area contributed by atoms with Crippen LogP contribution >= 0.6 is 11.8 Å². The maximum atomic E-state index is 12.3. The summed E-state index contributed by atoms with van der Waals surface area (Å²) in [7, 11) is 0. The number of aryl methyl sites for hydroxylation is 1. The molecule has 1 aromatic heterocycles. The van der Waals surface area contributed by atoms with Crippen molar-refractivity contribution in [3.05, 3.63) is 40.2 Å². The quantitative estimate of drug-likeness (QED) is 0.496. The van der Waals surface area contributed by atoms with Crippen molar-refractivity contribution in [1.82, 2.24) is 0 Å². The molecule has 0 unspecified atom stereocenters. The zero-order valence-corrected chi connectivity index (χ0v) is 18.2. The van der Waals surface area contributed by atoms with Gasteiger partial charge in [0.1, 0.15) is 17.1 Å². The van der Waals surface area contributed by atoms with Crippen LogP contribution in [0.2, 0.25) is 0 Å². The van der Waals surface area contributed by atoms with Crippen molar-refractivity contribution in [1.29, 1.82) is 0 Å². The third-order valence-electron chi connectivity index (χ3n) is 4.38. The Morgan fingerprint density at radius 3 is 2.26 bits per heavy atom. The molecule has 0 aliphatic carbocycles. The summed E-state index contributed by atoms with van der Waals surface area (Å²) in [4.78, 5) is 47.1. The molecule has 0 saturated carbocycles. The second kappa shape index (κ2) is 9.42. The highest BCUT2D eigenvalue weighted by molar-refractivity contribution is 7.99. The number of carbonyl (C=O) groups excluding carboxylic acids is 3. The Morgan fingerprint density at radius 2 is 1.61 bits per heavy atom. The average molecular weight is 450 g/mol. The van der Waals surface area contributed by atoms with Crippen LogP contribution in [0.15, 0.2) is 33.5 Å². The van der Waals surface area contributed by atoms with Crippen LogP contribution in [0.1, 0.15) is 26.5 Å². The lowest BCUT2D eigenvalue weighted by Crippen LogP contribution is -2.55. The monoisotopic (exact) mass is 450 g/mol. The molecule has 1 aromatic carbocycles. The first-order chi connectivity index (χ1) is 14.6. The van der Waals surface area contributed by atoms with E-state index in [1.807, 2.05) is 0 Å². The van der Waals surface area contributed by atoms with Gasteiger partial charge in [0.2, 0.25) is 0 Å². The van der Waals surface area contributed by atoms with Crippen molar-refractivity contribution in [2.75, 3.05) is 5.75 Å². The molecule has 9 nitrogen and oxygen atoms in total. The molecule has 1 saturated heterocycles. The third kappa shape index (κ3) is 5.57. The van der Waals surface area contributed by atoms with Crippen molar-refractivity contribution >= 4 is 40.6 Å². The Morgan fingerprint density at radius 1 is 0.968 bits per heavy atom. The summed E-state index contributed by atoms with van der Waals surface area (Å²) >= 11 is 1.23. The van der Waals surface area contributed by atoms with Crippen LogP contribution < -0.4 is 10.2 Å². The predicted molar refractivity (Wildman–Crippen MR) is 111 cm³/mol. The fourth-order valence-corrected chi connectivity index (χ4v) is 4.49. The Balaban J connectivity index is 1.92. The molecule has 0 amide bonds. The molecule has 1 aliphatic heterocycles. The van der Waals surface area contributed by atoms with Gasteiger partial charge in [-0.15, -0.1) is 11.8 Å². The van der Waals surface area contributed by atoms with E-state index in [1.54, 1.807) is 19.1 Å². The van der Waals surface area contributed by atoms with E-state index in [9.17, 15) is 19.2 Å². The normalized spacial score (nSPS) is 23.1. The molecule has 31 heavy (non-hydrogen) atoms. The minimum Gasteiger partial charge on any atom is -0.476 e. The number of hydrogen-bond acceptors (Lipinski definition) is 10. The van der Waals surface area contributed by atoms with Crippen molar-refractivity contribution < 1.29 is 37.7 Å². The van der Waals surface area contributed by atoms with E-state index in [-0.39, 0.29) is 11.2 Å². The molecule has 2 heterocycles. The van der Waals surface area contributed by atoms with Gasteiger partial charge in [-0.2, -0.15) is 0 Å². The van der Waals surface area contributed by atoms with E-state index in [0.29, 0.717) is 22.5 Å². The van der Waals surface area contributed by atoms with Gasteiger partial charge in [0.25, 0.3) is 0 Å². The minimum atomic E-state index is -1.05. The largest absolute Gasteiger partial charge is 0.476 e. The number of rotatable bonds is 5. The maximum Gasteiger partial charge on any atom is 0.303 e. The van der Waals surface area contributed by atoms with Crippen molar-refractivity contribution in [2.24, 2.45) is 0 Å². The molecule has 2 aromatic rings. The first-order valence-corrected chi connectivity index (χ1v) is 10.5. The van der Waals surface area contributed by atoms with E-state index >= 15 is 0 Å². The first-order valence-electron chi connectivity index (χ1n) is 9.48. The topological polar surface area (TPSA) is 118 Å². The molecule has 3 rings (SSSR count). The Labute approximate surface area is 182 Å². The van der Waals surface area contributed by atoms with Gasteiger partial charge in [0, 0.05) is 32.6 Å². The van der Waals surface area contributed by atoms with E-state index in [2.05, 4.69) is 0 Å². The van der Waals surface area contributed by atoms with Crippen molar-refractivity contribution in [3.8, 4) is 5.75 Å². The van der Waals surface area contributed by atoms with Crippen LogP contribution in [0.4, 0.5) is 0 Å². The number of thioether (sulfide) groups is 1. The molecular weight excluding hydrogens is 428 g/mol. The first kappa shape index (κ1) is 22.7. The van der Waals surface area contributed by atoms with Gasteiger partial charge in [0.15, 0.2) is 29.2 Å². The van der Waals surface area contributed by atoms with Gasteiger partial charge in [-0.1, -0.05) is 0 Å². The SMILES string of the molecule is CC(=O)O[C@@H]1[C@@H](OC(C)=O)[C@H](OC(C)=O)CS[C@H]1Oc1ccc2oc(C)cc(=O)c2c1. The lowest BCUT2D eigenvalue weighted by Gasteiger charge is -2.39. The number of ether oxygens (including phenoxy) is 4. The number of fused-ring (bicyclic) bond motifs is 1. The molecule has 1 fully saturated rings. The second-order valence-corrected chi connectivity index (χ2v) is 8.13. The van der Waals surface area contributed by atoms with Crippen LogP contribution in [0.5, 0.6) is 5.75 Å². The minimum absolute atomic E-state index is 0.218. The highest BCUT2D eigenvalue weighted by Gasteiger charge is 2.47. The highest BCUT2D eigenvalue weighted by Crippen LogP contribution is 2.34. The van der Waals surface area contributed by atoms with Crippen molar-refractivity contribution in [3.63, 3.8) is 0 Å². The Hall–Kier alpha value is -3.01. The van der Waals surface area contributed by atoms with Gasteiger partial charge in [0.05, 0.1) is 5.39 Å². The van der Waals surface area contributed by atoms with Gasteiger partial charge < -0.3 is 23.4 Å². The number of esters is 3. The zero-order chi connectivity index (χ0) is 22.7. The molecular formula is C21H22O9S. The average Bonchev–Trinajstić information content (AvgIpc) is 2.65. The summed E-state index contributed by atoms with van der Waals surface area (Å²) in [6.07, 6.45) is -2.92. The molecule has 166 valence electrons. The molecule has 1 aliphatic rings. The lowest BCUT2D eigenvalue weighted by molar-refractivity contribution is -0.186. The zero-order valence-electron chi connectivity index (χ0n) is 17.4. The standard InChI is InChI=1S/C21H22O9S/c1-10-7-16(25)15-8-14(5-6-17(15)26-10)30-21-20(29-13(4)24)19(28-12(3)23)18(9-31-21)27-11(2)22/h5-8,18-21H,9H2,1-4H3/t18-,19+,20-,21-/m1/s1. The summed E-state index contributed by atoms with van der Waals surface area (Å²) < 4.78 is 27.5. The fourth-order valence-electron chi connectivity index (χ4n) is 3.27. The maximum absolute atomic E-state index is 12.3. The van der Waals surface area contributed by atoms with Gasteiger partial charge in [-0.25, -0.2) is 0 Å². The molecule has 10 heteroatoms. The highest BCUT2D eigenvalue weighted by atomic mass is 32.2. The Bertz CT molecular complexity index is 1060. The summed E-state index contributed by atoms with van der Waals surface area (Å²) in [6.45, 7) is 5.34. The van der Waals surface area contributed by atoms with Gasteiger partial charge in [-0.05, 0) is 25.1 Å². The molecule has 0 spiro atoms. The van der Waals surface area contributed by atoms with E-state index in [1.165, 1.54) is 44.7 Å². The summed E-state index contributed by atoms with van der Waals surface area (Å²) in [5.41, 5.74) is -0.586. The lowest BCUT2D eigenvalue weighted by atomic mass is 10.1. The van der Waals surface area contributed by atoms with E-state index < -0.39 is 41.7 Å². The molecule has 0 N–H and O–H groups in total. The Kier molecular flexibility index (Phi) is 6.89. The molecule has 0 bridgehead atoms. The van der Waals surface area contributed by atoms with Crippen molar-refractivity contribution in [2.45, 2.75) is 51.4 Å². The fraction of sp³-hybridized carbons (Fsp3) is 0.429. The summed E-state index contributed by atoms with van der Waals surface area (Å²) in [6, 6.07) is 6.14. The van der Waals surface area contributed by atoms with Crippen LogP contribution in [0, 0.1) is 6.92 Å². The van der Waals surface area contributed by atoms with E-state index in [0.717, 1.165) is 0 Å². The summed E-state index contributed by atoms with van der Waals surface area (Å²) in [5, 5.41) is 0.335. The third-order valence-corrected chi connectivity index (χ3v) is 5.59. The number of hydrogen-bond donors (Lipinski definition) is 0. The van der Waals surface area contributed by atoms with Crippen LogP contribution in [0.25, 0.3) is 11.0 Å². The second-order valence-electron chi connectivity index (χ2n) is 6.99. The number of benzene rings is 1. The number of carbonyl (C=O) groups is 3. The molecule has 4 atom stereocenters. The predicted octanol–water partition coefficient (Wildman–Crippen LogP) is 2.35. The molecule has 0 radical (unpaired) electrons.